The number of benzene rings is 1. The lowest BCUT2D eigenvalue weighted by Gasteiger charge is -2.01. The van der Waals surface area contributed by atoms with Gasteiger partial charge in [0, 0.05) is 5.56 Å². The summed E-state index contributed by atoms with van der Waals surface area (Å²) in [7, 11) is 0. The third-order valence-corrected chi connectivity index (χ3v) is 2.04. The van der Waals surface area contributed by atoms with Crippen LogP contribution in [0.15, 0.2) is 24.3 Å². The van der Waals surface area contributed by atoms with E-state index in [1.807, 2.05) is 6.92 Å². The van der Waals surface area contributed by atoms with Crippen LogP contribution < -0.4 is 0 Å². The van der Waals surface area contributed by atoms with Gasteiger partial charge in [0.05, 0.1) is 0 Å². The van der Waals surface area contributed by atoms with E-state index in [1.165, 1.54) is 0 Å². The number of hydrogen-bond donors (Lipinski definition) is 0. The van der Waals surface area contributed by atoms with Gasteiger partial charge in [-0.25, -0.2) is 4.39 Å². The van der Waals surface area contributed by atoms with Crippen molar-refractivity contribution in [3.63, 3.8) is 0 Å². The Labute approximate surface area is 81.5 Å². The van der Waals surface area contributed by atoms with E-state index < -0.39 is 11.4 Å². The van der Waals surface area contributed by atoms with Crippen molar-refractivity contribution in [3.8, 4) is 0 Å². The molecule has 0 saturated heterocycles. The van der Waals surface area contributed by atoms with Crippen LogP contribution in [0, 0.1) is 0 Å². The van der Waals surface area contributed by atoms with Gasteiger partial charge in [-0.05, 0) is 12.0 Å². The van der Waals surface area contributed by atoms with Crippen molar-refractivity contribution in [2.45, 2.75) is 19.0 Å². The number of aryl methyl sites for hydroxylation is 1. The molecular formula is C10H10ClFO. The Kier molecular flexibility index (Phi) is 3.43. The lowest BCUT2D eigenvalue weighted by atomic mass is 10.1. The molecule has 0 fully saturated rings. The van der Waals surface area contributed by atoms with Crippen molar-refractivity contribution in [1.29, 1.82) is 0 Å². The fourth-order valence-electron chi connectivity index (χ4n) is 1.03. The molecule has 0 bridgehead atoms. The van der Waals surface area contributed by atoms with Gasteiger partial charge in [-0.2, -0.15) is 0 Å². The number of alkyl halides is 2. The maximum Gasteiger partial charge on any atom is 0.235 e. The van der Waals surface area contributed by atoms with E-state index in [9.17, 15) is 9.18 Å². The molecule has 0 heterocycles. The normalized spacial score (nSPS) is 12.5. The van der Waals surface area contributed by atoms with Crippen LogP contribution in [0.1, 0.15) is 22.8 Å². The molecule has 70 valence electrons. The van der Waals surface area contributed by atoms with Gasteiger partial charge in [-0.15, -0.1) is 0 Å². The predicted molar refractivity (Wildman–Crippen MR) is 50.9 cm³/mol. The highest BCUT2D eigenvalue weighted by molar-refractivity contribution is 6.32. The number of Topliss-reactive ketones (excluding diaryl/α,β-unsaturated/α-hetero) is 1. The zero-order valence-corrected chi connectivity index (χ0v) is 8.01. The summed E-state index contributed by atoms with van der Waals surface area (Å²) in [5.41, 5.74) is -0.506. The smallest absolute Gasteiger partial charge is 0.235 e. The first-order chi connectivity index (χ1) is 6.15. The number of rotatable bonds is 3. The van der Waals surface area contributed by atoms with E-state index >= 15 is 0 Å². The van der Waals surface area contributed by atoms with E-state index in [-0.39, 0.29) is 0 Å². The van der Waals surface area contributed by atoms with Gasteiger partial charge in [0.1, 0.15) is 0 Å². The standard InChI is InChI=1S/C10H10ClFO/c1-2-7-3-5-8(6-4-7)9(13)10(11)12/h3-6,10H,2H2,1H3. The van der Waals surface area contributed by atoms with Crippen LogP contribution in [0.2, 0.25) is 0 Å². The van der Waals surface area contributed by atoms with Crippen LogP contribution in [0.25, 0.3) is 0 Å². The Balaban J connectivity index is 2.86. The summed E-state index contributed by atoms with van der Waals surface area (Å²) in [5.74, 6) is -0.677. The second kappa shape index (κ2) is 4.38. The fourth-order valence-corrected chi connectivity index (χ4v) is 1.16. The van der Waals surface area contributed by atoms with Crippen LogP contribution in [0.3, 0.4) is 0 Å². The van der Waals surface area contributed by atoms with E-state index in [1.54, 1.807) is 24.3 Å². The molecule has 13 heavy (non-hydrogen) atoms. The molecule has 0 saturated carbocycles. The molecule has 0 aliphatic rings. The Hall–Kier alpha value is -0.890. The number of carbonyl (C=O) groups is 1. The number of ketones is 1. The van der Waals surface area contributed by atoms with E-state index in [2.05, 4.69) is 0 Å². The van der Waals surface area contributed by atoms with E-state index in [0.29, 0.717) is 5.56 Å². The summed E-state index contributed by atoms with van der Waals surface area (Å²) in [5, 5.41) is 0. The second-order valence-corrected chi connectivity index (χ2v) is 3.10. The first kappa shape index (κ1) is 10.2. The zero-order valence-electron chi connectivity index (χ0n) is 7.26. The molecule has 0 aromatic heterocycles. The number of hydrogen-bond acceptors (Lipinski definition) is 1. The van der Waals surface area contributed by atoms with Crippen LogP contribution in [-0.2, 0) is 6.42 Å². The first-order valence-corrected chi connectivity index (χ1v) is 4.50. The lowest BCUT2D eigenvalue weighted by Crippen LogP contribution is -2.08. The van der Waals surface area contributed by atoms with Crippen molar-refractivity contribution >= 4 is 17.4 Å². The van der Waals surface area contributed by atoms with Crippen LogP contribution >= 0.6 is 11.6 Å². The van der Waals surface area contributed by atoms with Crippen LogP contribution in [0.5, 0.6) is 0 Å². The van der Waals surface area contributed by atoms with E-state index in [0.717, 1.165) is 12.0 Å². The lowest BCUT2D eigenvalue weighted by molar-refractivity contribution is 0.0934. The minimum absolute atomic E-state index is 0.319. The summed E-state index contributed by atoms with van der Waals surface area (Å²) in [6.07, 6.45) is 0.897. The molecule has 0 spiro atoms. The maximum atomic E-state index is 12.4. The first-order valence-electron chi connectivity index (χ1n) is 4.06. The average Bonchev–Trinajstić information content (AvgIpc) is 2.17. The quantitative estimate of drug-likeness (QED) is 0.542. The van der Waals surface area contributed by atoms with Crippen molar-refractivity contribution < 1.29 is 9.18 Å². The molecule has 1 atom stereocenters. The zero-order chi connectivity index (χ0) is 9.84. The monoisotopic (exact) mass is 200 g/mol. The van der Waals surface area contributed by atoms with Gasteiger partial charge in [0.15, 0.2) is 0 Å². The maximum absolute atomic E-state index is 12.4. The molecule has 1 nitrogen and oxygen atoms in total. The van der Waals surface area contributed by atoms with E-state index in [4.69, 9.17) is 11.6 Å². The molecule has 1 unspecified atom stereocenters. The van der Waals surface area contributed by atoms with Gasteiger partial charge < -0.3 is 0 Å². The van der Waals surface area contributed by atoms with Crippen molar-refractivity contribution in [3.05, 3.63) is 35.4 Å². The molecule has 3 heteroatoms. The summed E-state index contributed by atoms with van der Waals surface area (Å²) >= 11 is 5.02. The van der Waals surface area contributed by atoms with Gasteiger partial charge in [0.2, 0.25) is 11.4 Å². The predicted octanol–water partition coefficient (Wildman–Crippen LogP) is 2.97. The highest BCUT2D eigenvalue weighted by Crippen LogP contribution is 2.11. The Morgan fingerprint density at radius 2 is 2.00 bits per heavy atom. The average molecular weight is 201 g/mol. The van der Waals surface area contributed by atoms with Gasteiger partial charge in [0.25, 0.3) is 0 Å². The second-order valence-electron chi connectivity index (χ2n) is 2.72. The number of halogens is 2. The van der Waals surface area contributed by atoms with Crippen LogP contribution in [-0.4, -0.2) is 11.4 Å². The van der Waals surface area contributed by atoms with Crippen LogP contribution in [0.4, 0.5) is 4.39 Å². The van der Waals surface area contributed by atoms with Crippen molar-refractivity contribution in [2.75, 3.05) is 0 Å². The topological polar surface area (TPSA) is 17.1 Å². The minimum Gasteiger partial charge on any atom is -0.289 e. The third kappa shape index (κ3) is 2.52. The molecule has 0 aliphatic carbocycles. The molecule has 0 aliphatic heterocycles. The summed E-state index contributed by atoms with van der Waals surface area (Å²) in [6.45, 7) is 2.01. The Bertz CT molecular complexity index is 292. The van der Waals surface area contributed by atoms with Gasteiger partial charge >= 0.3 is 0 Å². The molecular weight excluding hydrogens is 191 g/mol. The Morgan fingerprint density at radius 3 is 2.38 bits per heavy atom. The fraction of sp³-hybridized carbons (Fsp3) is 0.300. The van der Waals surface area contributed by atoms with Crippen molar-refractivity contribution in [1.82, 2.24) is 0 Å². The summed E-state index contributed by atoms with van der Waals surface area (Å²) < 4.78 is 12.4. The molecule has 0 N–H and O–H groups in total. The number of carbonyl (C=O) groups excluding carboxylic acids is 1. The summed E-state index contributed by atoms with van der Waals surface area (Å²) in [4.78, 5) is 11.0. The molecule has 1 rings (SSSR count). The van der Waals surface area contributed by atoms with Gasteiger partial charge in [-0.1, -0.05) is 42.8 Å². The third-order valence-electron chi connectivity index (χ3n) is 1.84. The highest BCUT2D eigenvalue weighted by Gasteiger charge is 2.14. The van der Waals surface area contributed by atoms with Crippen molar-refractivity contribution in [2.24, 2.45) is 0 Å². The molecule has 0 amide bonds. The van der Waals surface area contributed by atoms with Gasteiger partial charge in [-0.3, -0.25) is 4.79 Å². The summed E-state index contributed by atoms with van der Waals surface area (Å²) in [6, 6.07) is 6.78. The largest absolute Gasteiger partial charge is 0.289 e. The minimum atomic E-state index is -1.94. The SMILES string of the molecule is CCc1ccc(C(=O)C(F)Cl)cc1. The molecule has 0 radical (unpaired) electrons. The Morgan fingerprint density at radius 1 is 1.46 bits per heavy atom. The molecule has 1 aromatic carbocycles. The highest BCUT2D eigenvalue weighted by atomic mass is 35.5. The molecule has 1 aromatic rings.